The molecule has 0 N–H and O–H groups in total. The second kappa shape index (κ2) is 11.5. The van der Waals surface area contributed by atoms with Crippen LogP contribution in [-0.2, 0) is 46.3 Å². The van der Waals surface area contributed by atoms with E-state index in [2.05, 4.69) is 72.8 Å². The van der Waals surface area contributed by atoms with Crippen molar-refractivity contribution in [2.75, 3.05) is 0 Å². The first-order chi connectivity index (χ1) is 19.7. The Labute approximate surface area is 264 Å². The number of rotatable bonds is 4. The van der Waals surface area contributed by atoms with E-state index < -0.39 is 0 Å². The molecule has 5 aromatic carbocycles. The predicted molar refractivity (Wildman–Crippen MR) is 170 cm³/mol. The Hall–Kier alpha value is -3.95. The van der Waals surface area contributed by atoms with E-state index in [1.54, 1.807) is 0 Å². The van der Waals surface area contributed by atoms with Crippen molar-refractivity contribution in [3.05, 3.63) is 133 Å². The third-order valence-electron chi connectivity index (χ3n) is 7.25. The van der Waals surface area contributed by atoms with Crippen LogP contribution in [-0.4, -0.2) is 9.97 Å². The maximum absolute atomic E-state index is 5.73. The molecular formula is C36H22N2PtS2. The maximum Gasteiger partial charge on any atom is 2.00 e. The summed E-state index contributed by atoms with van der Waals surface area (Å²) in [5.74, 6) is 0. The molecule has 0 bridgehead atoms. The van der Waals surface area contributed by atoms with Crippen LogP contribution in [0.4, 0.5) is 0 Å². The van der Waals surface area contributed by atoms with Gasteiger partial charge in [0.2, 0.25) is 0 Å². The summed E-state index contributed by atoms with van der Waals surface area (Å²) in [6.07, 6.45) is 0. The van der Waals surface area contributed by atoms with Gasteiger partial charge in [-0.05, 0) is 45.5 Å². The van der Waals surface area contributed by atoms with Crippen LogP contribution >= 0.6 is 0 Å². The molecule has 0 saturated heterocycles. The predicted octanol–water partition coefficient (Wildman–Crippen LogP) is 9.26. The quantitative estimate of drug-likeness (QED) is 0.133. The normalized spacial score (nSPS) is 10.9. The van der Waals surface area contributed by atoms with Gasteiger partial charge in [0.15, 0.2) is 0 Å². The van der Waals surface area contributed by atoms with E-state index >= 15 is 0 Å². The van der Waals surface area contributed by atoms with Crippen molar-refractivity contribution in [2.45, 2.75) is 9.79 Å². The van der Waals surface area contributed by atoms with Crippen LogP contribution in [0.3, 0.4) is 0 Å². The molecule has 41 heavy (non-hydrogen) atoms. The van der Waals surface area contributed by atoms with E-state index in [0.29, 0.717) is 0 Å². The Morgan fingerprint density at radius 1 is 0.390 bits per heavy atom. The molecule has 2 heterocycles. The van der Waals surface area contributed by atoms with E-state index in [4.69, 9.17) is 35.2 Å². The summed E-state index contributed by atoms with van der Waals surface area (Å²) in [7, 11) is 0. The zero-order valence-corrected chi connectivity index (χ0v) is 25.6. The number of fused-ring (bicyclic) bond motifs is 3. The summed E-state index contributed by atoms with van der Waals surface area (Å²) in [5.41, 5.74) is 9.65. The molecule has 7 aromatic rings. The SMILES string of the molecule is [Pt+2].[S-]c1ccccc1-c1cc(-c2ccccc2)c2ccc3c(-c4ccccc4)cc(-c4ccccc4[S-])nc3c2n1. The second-order valence-electron chi connectivity index (χ2n) is 9.69. The minimum Gasteiger partial charge on any atom is -0.779 e. The van der Waals surface area contributed by atoms with Crippen molar-refractivity contribution in [2.24, 2.45) is 0 Å². The number of pyridine rings is 2. The average Bonchev–Trinajstić information content (AvgIpc) is 3.01. The molecule has 0 radical (unpaired) electrons. The van der Waals surface area contributed by atoms with Crippen molar-refractivity contribution in [1.29, 1.82) is 0 Å². The summed E-state index contributed by atoms with van der Waals surface area (Å²) in [6, 6.07) is 45.4. The van der Waals surface area contributed by atoms with Crippen LogP contribution in [0, 0.1) is 0 Å². The Bertz CT molecular complexity index is 1880. The van der Waals surface area contributed by atoms with Crippen LogP contribution in [0.25, 0.3) is 66.6 Å². The van der Waals surface area contributed by atoms with Crippen LogP contribution in [0.5, 0.6) is 0 Å². The fourth-order valence-corrected chi connectivity index (χ4v) is 5.82. The maximum atomic E-state index is 5.73. The Morgan fingerprint density at radius 3 is 1.15 bits per heavy atom. The second-order valence-corrected chi connectivity index (χ2v) is 10.6. The van der Waals surface area contributed by atoms with Gasteiger partial charge in [-0.2, -0.15) is 9.79 Å². The van der Waals surface area contributed by atoms with Gasteiger partial charge in [0.25, 0.3) is 0 Å². The van der Waals surface area contributed by atoms with Gasteiger partial charge in [-0.1, -0.05) is 121 Å². The number of benzene rings is 5. The molecule has 7 rings (SSSR count). The number of hydrogen-bond acceptors (Lipinski definition) is 4. The number of hydrogen-bond donors (Lipinski definition) is 0. The molecule has 0 spiro atoms. The molecule has 0 amide bonds. The first-order valence-electron chi connectivity index (χ1n) is 13.1. The monoisotopic (exact) mass is 741 g/mol. The van der Waals surface area contributed by atoms with E-state index in [-0.39, 0.29) is 21.1 Å². The molecule has 2 aromatic heterocycles. The molecule has 2 nitrogen and oxygen atoms in total. The van der Waals surface area contributed by atoms with Crippen molar-refractivity contribution < 1.29 is 21.1 Å². The van der Waals surface area contributed by atoms with Gasteiger partial charge in [0, 0.05) is 10.8 Å². The van der Waals surface area contributed by atoms with Gasteiger partial charge in [-0.3, -0.25) is 0 Å². The third-order valence-corrected chi connectivity index (χ3v) is 7.97. The summed E-state index contributed by atoms with van der Waals surface area (Å²) in [6.45, 7) is 0. The first kappa shape index (κ1) is 27.2. The van der Waals surface area contributed by atoms with Gasteiger partial charge in [0.1, 0.15) is 0 Å². The first-order valence-corrected chi connectivity index (χ1v) is 13.9. The van der Waals surface area contributed by atoms with Crippen molar-refractivity contribution in [1.82, 2.24) is 9.97 Å². The van der Waals surface area contributed by atoms with E-state index in [0.717, 1.165) is 76.4 Å². The Balaban J connectivity index is 0.00000302. The van der Waals surface area contributed by atoms with Crippen LogP contribution < -0.4 is 0 Å². The average molecular weight is 742 g/mol. The molecule has 0 aliphatic heterocycles. The van der Waals surface area contributed by atoms with Crippen molar-refractivity contribution >= 4 is 47.1 Å². The van der Waals surface area contributed by atoms with Gasteiger partial charge < -0.3 is 25.3 Å². The van der Waals surface area contributed by atoms with E-state index in [1.807, 2.05) is 60.7 Å². The van der Waals surface area contributed by atoms with Gasteiger partial charge >= 0.3 is 21.1 Å². The molecule has 0 unspecified atom stereocenters. The third kappa shape index (κ3) is 5.04. The topological polar surface area (TPSA) is 25.8 Å². The van der Waals surface area contributed by atoms with Crippen LogP contribution in [0.1, 0.15) is 0 Å². The minimum atomic E-state index is 0. The fourth-order valence-electron chi connectivity index (χ4n) is 5.32. The Kier molecular flexibility index (Phi) is 7.64. The minimum absolute atomic E-state index is 0. The summed E-state index contributed by atoms with van der Waals surface area (Å²) >= 11 is 11.5. The molecule has 0 atom stereocenters. The van der Waals surface area contributed by atoms with E-state index in [1.165, 1.54) is 0 Å². The standard InChI is InChI=1S/C36H24N2S2.Pt/c39-33-17-9-7-15-27(33)31-21-29(23-11-3-1-4-12-23)25-19-20-26-30(24-13-5-2-6-14-24)22-32(38-36(26)35(25)37-31)28-16-8-10-18-34(28)40;/h1-22,39-40H;/q;+2/p-2. The molecular weight excluding hydrogens is 720 g/mol. The number of nitrogens with zero attached hydrogens (tertiary/aromatic N) is 2. The zero-order chi connectivity index (χ0) is 27.1. The van der Waals surface area contributed by atoms with Gasteiger partial charge in [-0.25, -0.2) is 9.97 Å². The number of aromatic nitrogens is 2. The largest absolute Gasteiger partial charge is 2.00 e. The summed E-state index contributed by atoms with van der Waals surface area (Å²) in [5, 5.41) is 2.08. The zero-order valence-electron chi connectivity index (χ0n) is 21.7. The van der Waals surface area contributed by atoms with Crippen LogP contribution in [0.2, 0.25) is 0 Å². The smallest absolute Gasteiger partial charge is 0.779 e. The molecule has 0 fully saturated rings. The van der Waals surface area contributed by atoms with Crippen molar-refractivity contribution in [3.8, 4) is 44.8 Å². The molecule has 0 aliphatic carbocycles. The van der Waals surface area contributed by atoms with E-state index in [9.17, 15) is 0 Å². The fraction of sp³-hybridized carbons (Fsp3) is 0. The van der Waals surface area contributed by atoms with Crippen molar-refractivity contribution in [3.63, 3.8) is 0 Å². The molecule has 5 heteroatoms. The summed E-state index contributed by atoms with van der Waals surface area (Å²) in [4.78, 5) is 12.1. The Morgan fingerprint density at radius 2 is 0.756 bits per heavy atom. The molecule has 198 valence electrons. The summed E-state index contributed by atoms with van der Waals surface area (Å²) < 4.78 is 0. The van der Waals surface area contributed by atoms with Gasteiger partial charge in [0.05, 0.1) is 22.4 Å². The molecule has 0 aliphatic rings. The van der Waals surface area contributed by atoms with Gasteiger partial charge in [-0.15, -0.1) is 0 Å². The van der Waals surface area contributed by atoms with Crippen LogP contribution in [0.15, 0.2) is 143 Å². The molecule has 0 saturated carbocycles.